The van der Waals surface area contributed by atoms with E-state index in [0.29, 0.717) is 12.1 Å². The average molecular weight is 288 g/mol. The van der Waals surface area contributed by atoms with Crippen molar-refractivity contribution in [3.05, 3.63) is 29.5 Å². The lowest BCUT2D eigenvalue weighted by Gasteiger charge is -2.12. The SMILES string of the molecule is O=C(O)c1cc(-c2cc(O)c(O)cc2C(F)(F)F)n[nH]1. The van der Waals surface area contributed by atoms with E-state index in [-0.39, 0.29) is 5.69 Å². The van der Waals surface area contributed by atoms with E-state index in [1.165, 1.54) is 0 Å². The molecule has 1 heterocycles. The molecule has 0 aliphatic rings. The van der Waals surface area contributed by atoms with E-state index < -0.39 is 40.5 Å². The molecule has 0 saturated heterocycles. The molecule has 0 spiro atoms. The molecule has 4 N–H and O–H groups in total. The number of aromatic amines is 1. The Bertz CT molecular complexity index is 679. The number of hydrogen-bond acceptors (Lipinski definition) is 4. The van der Waals surface area contributed by atoms with Crippen LogP contribution in [0.2, 0.25) is 0 Å². The lowest BCUT2D eigenvalue weighted by molar-refractivity contribution is -0.137. The summed E-state index contributed by atoms with van der Waals surface area (Å²) in [6, 6.07) is 1.91. The molecular weight excluding hydrogens is 281 g/mol. The van der Waals surface area contributed by atoms with Crippen molar-refractivity contribution in [3.63, 3.8) is 0 Å². The number of nitrogens with zero attached hydrogens (tertiary/aromatic N) is 1. The largest absolute Gasteiger partial charge is 0.504 e. The summed E-state index contributed by atoms with van der Waals surface area (Å²) < 4.78 is 38.6. The Morgan fingerprint density at radius 3 is 2.25 bits per heavy atom. The minimum atomic E-state index is -4.80. The molecule has 0 aliphatic carbocycles. The quantitative estimate of drug-likeness (QED) is 0.634. The van der Waals surface area contributed by atoms with Crippen LogP contribution < -0.4 is 0 Å². The molecule has 20 heavy (non-hydrogen) atoms. The van der Waals surface area contributed by atoms with Gasteiger partial charge in [-0.3, -0.25) is 5.10 Å². The highest BCUT2D eigenvalue weighted by Crippen LogP contribution is 2.42. The Balaban J connectivity index is 2.65. The Morgan fingerprint density at radius 2 is 1.75 bits per heavy atom. The first kappa shape index (κ1) is 13.7. The molecule has 2 rings (SSSR count). The second-order valence-corrected chi connectivity index (χ2v) is 3.86. The smallest absolute Gasteiger partial charge is 0.417 e. The van der Waals surface area contributed by atoms with Crippen LogP contribution in [0.25, 0.3) is 11.3 Å². The van der Waals surface area contributed by atoms with Crippen LogP contribution in [0.15, 0.2) is 18.2 Å². The first-order valence-corrected chi connectivity index (χ1v) is 5.12. The highest BCUT2D eigenvalue weighted by atomic mass is 19.4. The maximum Gasteiger partial charge on any atom is 0.417 e. The molecule has 1 aromatic carbocycles. The summed E-state index contributed by atoms with van der Waals surface area (Å²) in [4.78, 5) is 10.7. The van der Waals surface area contributed by atoms with Crippen molar-refractivity contribution in [2.24, 2.45) is 0 Å². The van der Waals surface area contributed by atoms with Gasteiger partial charge in [0.1, 0.15) is 5.69 Å². The summed E-state index contributed by atoms with van der Waals surface area (Å²) in [6.07, 6.45) is -4.80. The summed E-state index contributed by atoms with van der Waals surface area (Å²) >= 11 is 0. The standard InChI is InChI=1S/C11H7F3N2O4/c12-11(13,14)5-2-9(18)8(17)1-4(5)6-3-7(10(19)20)16-15-6/h1-3,17-18H,(H,15,16)(H,19,20). The zero-order valence-electron chi connectivity index (χ0n) is 9.56. The normalized spacial score (nSPS) is 11.6. The van der Waals surface area contributed by atoms with Crippen LogP contribution in [0.3, 0.4) is 0 Å². The number of benzene rings is 1. The third-order valence-corrected chi connectivity index (χ3v) is 2.50. The summed E-state index contributed by atoms with van der Waals surface area (Å²) in [5.41, 5.74) is -2.50. The van der Waals surface area contributed by atoms with E-state index in [2.05, 4.69) is 10.2 Å². The number of halogens is 3. The number of aromatic hydroxyl groups is 2. The topological polar surface area (TPSA) is 106 Å². The number of nitrogens with one attached hydrogen (secondary N) is 1. The number of aromatic carboxylic acids is 1. The van der Waals surface area contributed by atoms with E-state index in [1.54, 1.807) is 0 Å². The second-order valence-electron chi connectivity index (χ2n) is 3.86. The number of aromatic nitrogens is 2. The minimum absolute atomic E-state index is 0.315. The predicted octanol–water partition coefficient (Wildman–Crippen LogP) is 2.20. The first-order chi connectivity index (χ1) is 9.20. The maximum absolute atomic E-state index is 12.9. The highest BCUT2D eigenvalue weighted by molar-refractivity contribution is 5.87. The van der Waals surface area contributed by atoms with E-state index in [4.69, 9.17) is 10.2 Å². The highest BCUT2D eigenvalue weighted by Gasteiger charge is 2.35. The number of alkyl halides is 3. The van der Waals surface area contributed by atoms with Crippen LogP contribution in [-0.2, 0) is 6.18 Å². The monoisotopic (exact) mass is 288 g/mol. The lowest BCUT2D eigenvalue weighted by Crippen LogP contribution is -2.07. The van der Waals surface area contributed by atoms with Crippen LogP contribution in [0.5, 0.6) is 11.5 Å². The average Bonchev–Trinajstić information content (AvgIpc) is 2.80. The van der Waals surface area contributed by atoms with E-state index >= 15 is 0 Å². The number of phenolic OH excluding ortho intramolecular Hbond substituents is 2. The zero-order chi connectivity index (χ0) is 15.1. The van der Waals surface area contributed by atoms with Crippen molar-refractivity contribution in [1.82, 2.24) is 10.2 Å². The molecule has 106 valence electrons. The third-order valence-electron chi connectivity index (χ3n) is 2.50. The van der Waals surface area contributed by atoms with Gasteiger partial charge in [-0.2, -0.15) is 18.3 Å². The molecule has 6 nitrogen and oxygen atoms in total. The van der Waals surface area contributed by atoms with Gasteiger partial charge in [-0.25, -0.2) is 4.79 Å². The van der Waals surface area contributed by atoms with Crippen LogP contribution in [-0.4, -0.2) is 31.5 Å². The summed E-state index contributed by atoms with van der Waals surface area (Å²) in [5, 5.41) is 32.7. The number of carbonyl (C=O) groups is 1. The van der Waals surface area contributed by atoms with Gasteiger partial charge in [-0.1, -0.05) is 0 Å². The molecule has 2 aromatic rings. The van der Waals surface area contributed by atoms with Crippen molar-refractivity contribution >= 4 is 5.97 Å². The molecule has 0 atom stereocenters. The summed E-state index contributed by atoms with van der Waals surface area (Å²) in [5.74, 6) is -3.09. The fraction of sp³-hybridized carbons (Fsp3) is 0.0909. The number of rotatable bonds is 2. The number of phenols is 2. The van der Waals surface area contributed by atoms with Gasteiger partial charge in [0, 0.05) is 5.56 Å². The molecule has 0 radical (unpaired) electrons. The Labute approximate surface area is 109 Å². The van der Waals surface area contributed by atoms with Crippen molar-refractivity contribution in [2.75, 3.05) is 0 Å². The molecule has 0 bridgehead atoms. The fourth-order valence-corrected chi connectivity index (χ4v) is 1.59. The molecule has 0 aliphatic heterocycles. The molecule has 0 fully saturated rings. The number of H-pyrrole nitrogens is 1. The van der Waals surface area contributed by atoms with Gasteiger partial charge in [0.15, 0.2) is 11.5 Å². The van der Waals surface area contributed by atoms with E-state index in [1.807, 2.05) is 0 Å². The Morgan fingerprint density at radius 1 is 1.15 bits per heavy atom. The molecule has 0 saturated carbocycles. The van der Waals surface area contributed by atoms with Crippen LogP contribution in [0, 0.1) is 0 Å². The van der Waals surface area contributed by atoms with Crippen molar-refractivity contribution in [2.45, 2.75) is 6.18 Å². The second kappa shape index (κ2) is 4.44. The van der Waals surface area contributed by atoms with Gasteiger partial charge in [-0.05, 0) is 18.2 Å². The van der Waals surface area contributed by atoms with Gasteiger partial charge in [0.25, 0.3) is 0 Å². The molecular formula is C11H7F3N2O4. The first-order valence-electron chi connectivity index (χ1n) is 5.12. The molecule has 0 unspecified atom stereocenters. The third kappa shape index (κ3) is 2.37. The van der Waals surface area contributed by atoms with E-state index in [9.17, 15) is 23.1 Å². The van der Waals surface area contributed by atoms with Crippen molar-refractivity contribution < 1.29 is 33.3 Å². The molecule has 9 heteroatoms. The Hall–Kier alpha value is -2.71. The van der Waals surface area contributed by atoms with Crippen LogP contribution in [0.1, 0.15) is 16.1 Å². The van der Waals surface area contributed by atoms with Crippen molar-refractivity contribution in [3.8, 4) is 22.8 Å². The zero-order valence-corrected chi connectivity index (χ0v) is 9.56. The number of hydrogen-bond donors (Lipinski definition) is 4. The fourth-order valence-electron chi connectivity index (χ4n) is 1.59. The molecule has 1 aromatic heterocycles. The van der Waals surface area contributed by atoms with Gasteiger partial charge >= 0.3 is 12.1 Å². The van der Waals surface area contributed by atoms with Crippen LogP contribution in [0.4, 0.5) is 13.2 Å². The van der Waals surface area contributed by atoms with Gasteiger partial charge < -0.3 is 15.3 Å². The predicted molar refractivity (Wildman–Crippen MR) is 59.3 cm³/mol. The van der Waals surface area contributed by atoms with Crippen molar-refractivity contribution in [1.29, 1.82) is 0 Å². The molecule has 0 amide bonds. The number of carboxylic acids is 1. The number of carboxylic acid groups (broad SMARTS) is 1. The summed E-state index contributed by atoms with van der Waals surface area (Å²) in [7, 11) is 0. The minimum Gasteiger partial charge on any atom is -0.504 e. The maximum atomic E-state index is 12.9. The van der Waals surface area contributed by atoms with Gasteiger partial charge in [0.2, 0.25) is 0 Å². The van der Waals surface area contributed by atoms with Crippen LogP contribution >= 0.6 is 0 Å². The summed E-state index contributed by atoms with van der Waals surface area (Å²) in [6.45, 7) is 0. The Kier molecular flexibility index (Phi) is 3.04. The van der Waals surface area contributed by atoms with Gasteiger partial charge in [-0.15, -0.1) is 0 Å². The van der Waals surface area contributed by atoms with Gasteiger partial charge in [0.05, 0.1) is 11.3 Å². The van der Waals surface area contributed by atoms with E-state index in [0.717, 1.165) is 6.07 Å². The lowest BCUT2D eigenvalue weighted by atomic mass is 10.0.